The summed E-state index contributed by atoms with van der Waals surface area (Å²) in [6.07, 6.45) is 1.84. The number of aromatic nitrogens is 1. The number of nitrogens with zero attached hydrogens (tertiary/aromatic N) is 2. The number of hydrogen-bond donors (Lipinski definition) is 1. The van der Waals surface area contributed by atoms with Crippen LogP contribution >= 0.6 is 27.3 Å². The summed E-state index contributed by atoms with van der Waals surface area (Å²) in [5, 5.41) is 2.96. The van der Waals surface area contributed by atoms with Crippen molar-refractivity contribution in [2.75, 3.05) is 12.4 Å². The zero-order valence-electron chi connectivity index (χ0n) is 19.6. The average Bonchev–Trinajstić information content (AvgIpc) is 3.19. The Kier molecular flexibility index (Phi) is 6.71. The lowest BCUT2D eigenvalue weighted by Crippen LogP contribution is -2.40. The van der Waals surface area contributed by atoms with E-state index < -0.39 is 6.04 Å². The number of halogens is 1. The minimum absolute atomic E-state index is 0.194. The summed E-state index contributed by atoms with van der Waals surface area (Å²) in [6.45, 7) is 1.81. The Morgan fingerprint density at radius 3 is 2.42 bits per heavy atom. The third-order valence-electron chi connectivity index (χ3n) is 5.90. The second-order valence-corrected chi connectivity index (χ2v) is 10.2. The van der Waals surface area contributed by atoms with Crippen LogP contribution in [0.2, 0.25) is 0 Å². The summed E-state index contributed by atoms with van der Waals surface area (Å²) in [6, 6.07) is 23.8. The molecule has 8 heteroatoms. The lowest BCUT2D eigenvalue weighted by atomic mass is 9.95. The summed E-state index contributed by atoms with van der Waals surface area (Å²) >= 11 is 4.79. The van der Waals surface area contributed by atoms with Gasteiger partial charge in [0.1, 0.15) is 5.75 Å². The van der Waals surface area contributed by atoms with Gasteiger partial charge in [0, 0.05) is 10.2 Å². The Morgan fingerprint density at radius 1 is 1.06 bits per heavy atom. The van der Waals surface area contributed by atoms with Crippen molar-refractivity contribution in [3.8, 4) is 5.75 Å². The molecule has 2 heterocycles. The number of thiazole rings is 1. The van der Waals surface area contributed by atoms with Gasteiger partial charge in [0.2, 0.25) is 0 Å². The fourth-order valence-corrected chi connectivity index (χ4v) is 5.45. The van der Waals surface area contributed by atoms with Gasteiger partial charge in [-0.25, -0.2) is 4.99 Å². The maximum Gasteiger partial charge on any atom is 0.271 e. The molecule has 6 nitrogen and oxygen atoms in total. The predicted molar refractivity (Wildman–Crippen MR) is 146 cm³/mol. The highest BCUT2D eigenvalue weighted by Crippen LogP contribution is 2.31. The third-order valence-corrected chi connectivity index (χ3v) is 7.41. The van der Waals surface area contributed by atoms with E-state index in [9.17, 15) is 9.59 Å². The molecule has 1 N–H and O–H groups in total. The second-order valence-electron chi connectivity index (χ2n) is 8.23. The number of methoxy groups -OCH3 is 1. The van der Waals surface area contributed by atoms with Crippen LogP contribution < -0.4 is 24.9 Å². The topological polar surface area (TPSA) is 72.7 Å². The van der Waals surface area contributed by atoms with E-state index in [0.29, 0.717) is 26.3 Å². The number of carbonyl (C=O) groups is 1. The fourth-order valence-electron chi connectivity index (χ4n) is 4.14. The van der Waals surface area contributed by atoms with E-state index >= 15 is 0 Å². The van der Waals surface area contributed by atoms with Crippen molar-refractivity contribution in [2.24, 2.45) is 4.99 Å². The van der Waals surface area contributed by atoms with Crippen molar-refractivity contribution in [2.45, 2.75) is 13.0 Å². The zero-order chi connectivity index (χ0) is 25.2. The van der Waals surface area contributed by atoms with Crippen LogP contribution in [-0.4, -0.2) is 17.6 Å². The Labute approximate surface area is 220 Å². The van der Waals surface area contributed by atoms with Crippen molar-refractivity contribution in [1.29, 1.82) is 0 Å². The minimum atomic E-state index is -0.615. The third kappa shape index (κ3) is 4.69. The average molecular weight is 560 g/mol. The highest BCUT2D eigenvalue weighted by molar-refractivity contribution is 9.10. The molecule has 0 bridgehead atoms. The largest absolute Gasteiger partial charge is 0.497 e. The Morgan fingerprint density at radius 2 is 1.75 bits per heavy atom. The molecule has 0 fully saturated rings. The molecule has 180 valence electrons. The number of fused-ring (bicyclic) bond motifs is 1. The van der Waals surface area contributed by atoms with Crippen LogP contribution in [0.15, 0.2) is 104 Å². The van der Waals surface area contributed by atoms with E-state index in [0.717, 1.165) is 21.3 Å². The number of para-hydroxylation sites is 1. The van der Waals surface area contributed by atoms with Crippen LogP contribution in [0.1, 0.15) is 24.1 Å². The Hall–Kier alpha value is -3.75. The lowest BCUT2D eigenvalue weighted by molar-refractivity contribution is -0.113. The Bertz CT molecular complexity index is 1640. The summed E-state index contributed by atoms with van der Waals surface area (Å²) < 4.78 is 8.30. The maximum absolute atomic E-state index is 13.7. The molecular formula is C28H22BrN3O3S. The number of benzene rings is 3. The summed E-state index contributed by atoms with van der Waals surface area (Å²) in [4.78, 5) is 32.5. The number of hydrogen-bond acceptors (Lipinski definition) is 5. The van der Waals surface area contributed by atoms with Gasteiger partial charge in [-0.3, -0.25) is 14.2 Å². The van der Waals surface area contributed by atoms with E-state index in [4.69, 9.17) is 4.74 Å². The van der Waals surface area contributed by atoms with Crippen molar-refractivity contribution in [3.05, 3.63) is 125 Å². The van der Waals surface area contributed by atoms with E-state index in [2.05, 4.69) is 26.2 Å². The van der Waals surface area contributed by atoms with Crippen LogP contribution in [0.5, 0.6) is 5.75 Å². The number of carbonyl (C=O) groups excluding carboxylic acids is 1. The van der Waals surface area contributed by atoms with Crippen molar-refractivity contribution in [1.82, 2.24) is 4.57 Å². The van der Waals surface area contributed by atoms with Crippen LogP contribution in [0, 0.1) is 0 Å². The van der Waals surface area contributed by atoms with Gasteiger partial charge in [-0.15, -0.1) is 0 Å². The first-order valence-corrected chi connectivity index (χ1v) is 12.8. The number of nitrogens with one attached hydrogen (secondary N) is 1. The second kappa shape index (κ2) is 10.1. The maximum atomic E-state index is 13.7. The highest BCUT2D eigenvalue weighted by atomic mass is 79.9. The molecule has 0 saturated carbocycles. The zero-order valence-corrected chi connectivity index (χ0v) is 22.0. The quantitative estimate of drug-likeness (QED) is 0.387. The summed E-state index contributed by atoms with van der Waals surface area (Å²) in [7, 11) is 1.61. The predicted octanol–water partition coefficient (Wildman–Crippen LogP) is 4.65. The molecule has 1 atom stereocenters. The molecule has 1 aliphatic rings. The first-order chi connectivity index (χ1) is 17.4. The van der Waals surface area contributed by atoms with Gasteiger partial charge in [0.15, 0.2) is 4.80 Å². The fraction of sp³-hybridized carbons (Fsp3) is 0.107. The van der Waals surface area contributed by atoms with Gasteiger partial charge < -0.3 is 10.1 Å². The summed E-state index contributed by atoms with van der Waals surface area (Å²) in [5.74, 6) is 0.452. The molecule has 3 aromatic carbocycles. The standard InChI is InChI=1S/C28H22BrN3O3S/c1-17-24(26(33)31-21-6-4-3-5-7-21)25(19-10-12-20(29)13-11-19)32-27(34)23(36-28(32)30-17)16-18-8-14-22(35-2)15-9-18/h3-16,25H,1-2H3,(H,31,33). The normalized spacial score (nSPS) is 15.3. The van der Waals surface area contributed by atoms with E-state index in [-0.39, 0.29) is 11.5 Å². The van der Waals surface area contributed by atoms with E-state index in [1.807, 2.05) is 91.9 Å². The van der Waals surface area contributed by atoms with Crippen LogP contribution in [0.3, 0.4) is 0 Å². The molecular weight excluding hydrogens is 538 g/mol. The first-order valence-electron chi connectivity index (χ1n) is 11.2. The lowest BCUT2D eigenvalue weighted by Gasteiger charge is -2.25. The van der Waals surface area contributed by atoms with Crippen molar-refractivity contribution < 1.29 is 9.53 Å². The number of ether oxygens (including phenoxy) is 1. The molecule has 0 radical (unpaired) electrons. The number of amides is 1. The number of anilines is 1. The van der Waals surface area contributed by atoms with Gasteiger partial charge in [0.05, 0.1) is 29.0 Å². The van der Waals surface area contributed by atoms with Gasteiger partial charge >= 0.3 is 0 Å². The smallest absolute Gasteiger partial charge is 0.271 e. The van der Waals surface area contributed by atoms with Crippen LogP contribution in [0.25, 0.3) is 6.08 Å². The van der Waals surface area contributed by atoms with Crippen LogP contribution in [0.4, 0.5) is 5.69 Å². The van der Waals surface area contributed by atoms with Crippen LogP contribution in [-0.2, 0) is 4.79 Å². The van der Waals surface area contributed by atoms with Gasteiger partial charge in [0.25, 0.3) is 11.5 Å². The molecule has 0 saturated heterocycles. The molecule has 4 aromatic rings. The molecule has 1 unspecified atom stereocenters. The highest BCUT2D eigenvalue weighted by Gasteiger charge is 2.32. The molecule has 0 spiro atoms. The van der Waals surface area contributed by atoms with E-state index in [1.165, 1.54) is 11.3 Å². The van der Waals surface area contributed by atoms with Gasteiger partial charge in [-0.05, 0) is 60.5 Å². The molecule has 5 rings (SSSR count). The van der Waals surface area contributed by atoms with Gasteiger partial charge in [-0.2, -0.15) is 0 Å². The van der Waals surface area contributed by atoms with Crippen molar-refractivity contribution >= 4 is 44.9 Å². The molecule has 0 aliphatic carbocycles. The summed E-state index contributed by atoms with van der Waals surface area (Å²) in [5.41, 5.74) is 3.19. The first kappa shape index (κ1) is 24.0. The minimum Gasteiger partial charge on any atom is -0.497 e. The molecule has 36 heavy (non-hydrogen) atoms. The monoisotopic (exact) mass is 559 g/mol. The molecule has 1 aliphatic heterocycles. The van der Waals surface area contributed by atoms with Crippen molar-refractivity contribution in [3.63, 3.8) is 0 Å². The molecule has 1 amide bonds. The Balaban J connectivity index is 1.65. The van der Waals surface area contributed by atoms with E-state index in [1.54, 1.807) is 11.7 Å². The van der Waals surface area contributed by atoms with Gasteiger partial charge in [-0.1, -0.05) is 69.7 Å². The molecule has 1 aromatic heterocycles. The number of rotatable bonds is 5. The number of allylic oxidation sites excluding steroid dienone is 1. The SMILES string of the molecule is COc1ccc(C=c2sc3n(c2=O)C(c2ccc(Br)cc2)C(C(=O)Nc2ccccc2)=C(C)N=3)cc1.